The first-order valence-electron chi connectivity index (χ1n) is 6.81. The number of nitrogens with one attached hydrogen (secondary N) is 1. The van der Waals surface area contributed by atoms with Crippen molar-refractivity contribution in [2.45, 2.75) is 46.3 Å². The van der Waals surface area contributed by atoms with Crippen molar-refractivity contribution < 1.29 is 14.6 Å². The number of amides is 1. The molecule has 1 rings (SSSR count). The molecule has 1 heterocycles. The summed E-state index contributed by atoms with van der Waals surface area (Å²) < 4.78 is 5.21. The minimum absolute atomic E-state index is 0.102. The summed E-state index contributed by atoms with van der Waals surface area (Å²) in [5.41, 5.74) is 0.731. The van der Waals surface area contributed by atoms with Crippen LogP contribution in [0.2, 0.25) is 0 Å². The van der Waals surface area contributed by atoms with Crippen LogP contribution in [0.1, 0.15) is 53.7 Å². The highest BCUT2D eigenvalue weighted by Gasteiger charge is 2.18. The van der Waals surface area contributed by atoms with E-state index in [0.717, 1.165) is 10.7 Å². The smallest absolute Gasteiger partial charge is 0.263 e. The van der Waals surface area contributed by atoms with Crippen LogP contribution in [-0.4, -0.2) is 35.8 Å². The van der Waals surface area contributed by atoms with Crippen molar-refractivity contribution in [3.05, 3.63) is 15.6 Å². The Kier molecular flexibility index (Phi) is 6.58. The molecule has 6 heteroatoms. The normalized spacial score (nSPS) is 15.7. The van der Waals surface area contributed by atoms with E-state index >= 15 is 0 Å². The summed E-state index contributed by atoms with van der Waals surface area (Å²) in [6.07, 6.45) is 0.226. The third-order valence-corrected chi connectivity index (χ3v) is 4.39. The maximum Gasteiger partial charge on any atom is 0.263 e. The molecule has 2 N–H and O–H groups in total. The summed E-state index contributed by atoms with van der Waals surface area (Å²) >= 11 is 1.37. The van der Waals surface area contributed by atoms with E-state index in [4.69, 9.17) is 4.74 Å². The molecule has 3 atom stereocenters. The van der Waals surface area contributed by atoms with Gasteiger partial charge in [0, 0.05) is 13.7 Å². The average molecular weight is 300 g/mol. The molecule has 0 radical (unpaired) electrons. The van der Waals surface area contributed by atoms with Crippen LogP contribution in [0.3, 0.4) is 0 Å². The fraction of sp³-hybridized carbons (Fsp3) is 0.714. The van der Waals surface area contributed by atoms with E-state index in [2.05, 4.69) is 10.3 Å². The van der Waals surface area contributed by atoms with Gasteiger partial charge in [-0.3, -0.25) is 4.79 Å². The minimum atomic E-state index is -0.346. The van der Waals surface area contributed by atoms with Gasteiger partial charge in [-0.1, -0.05) is 6.92 Å². The number of thiazole rings is 1. The summed E-state index contributed by atoms with van der Waals surface area (Å²) in [5, 5.41) is 13.0. The fourth-order valence-electron chi connectivity index (χ4n) is 1.92. The van der Waals surface area contributed by atoms with Crippen molar-refractivity contribution in [3.8, 4) is 0 Å². The topological polar surface area (TPSA) is 71.5 Å². The molecule has 1 aromatic heterocycles. The maximum absolute atomic E-state index is 12.1. The summed E-state index contributed by atoms with van der Waals surface area (Å²) in [4.78, 5) is 17.1. The fourth-order valence-corrected chi connectivity index (χ4v) is 2.93. The molecule has 5 nitrogen and oxygen atoms in total. The molecular weight excluding hydrogens is 276 g/mol. The molecule has 0 aromatic carbocycles. The Morgan fingerprint density at radius 2 is 2.10 bits per heavy atom. The molecule has 0 aliphatic rings. The van der Waals surface area contributed by atoms with Crippen LogP contribution in [-0.2, 0) is 4.74 Å². The molecule has 0 bridgehead atoms. The number of hydrogen-bond acceptors (Lipinski definition) is 5. The second-order valence-corrected chi connectivity index (χ2v) is 6.28. The van der Waals surface area contributed by atoms with Gasteiger partial charge in [0.15, 0.2) is 0 Å². The predicted octanol–water partition coefficient (Wildman–Crippen LogP) is 2.30. The van der Waals surface area contributed by atoms with E-state index in [9.17, 15) is 9.90 Å². The second-order valence-electron chi connectivity index (χ2n) is 5.24. The van der Waals surface area contributed by atoms with Crippen LogP contribution >= 0.6 is 11.3 Å². The van der Waals surface area contributed by atoms with Gasteiger partial charge in [-0.15, -0.1) is 11.3 Å². The Bertz CT molecular complexity index is 446. The number of methoxy groups -OCH3 is 1. The third-order valence-electron chi connectivity index (χ3n) is 3.08. The second kappa shape index (κ2) is 7.71. The van der Waals surface area contributed by atoms with Crippen LogP contribution in [0, 0.1) is 12.8 Å². The van der Waals surface area contributed by atoms with Gasteiger partial charge in [0.25, 0.3) is 5.91 Å². The number of aliphatic hydroxyl groups excluding tert-OH is 1. The first-order chi connectivity index (χ1) is 9.35. The van der Waals surface area contributed by atoms with Gasteiger partial charge in [0.1, 0.15) is 16.0 Å². The molecule has 0 aliphatic heterocycles. The quantitative estimate of drug-likeness (QED) is 0.810. The summed E-state index contributed by atoms with van der Waals surface area (Å²) in [6, 6.07) is 0. The van der Waals surface area contributed by atoms with Gasteiger partial charge >= 0.3 is 0 Å². The van der Waals surface area contributed by atoms with Crippen molar-refractivity contribution in [2.24, 2.45) is 5.92 Å². The highest BCUT2D eigenvalue weighted by Crippen LogP contribution is 2.25. The molecule has 20 heavy (non-hydrogen) atoms. The lowest BCUT2D eigenvalue weighted by Crippen LogP contribution is -2.29. The molecule has 1 aromatic rings. The summed E-state index contributed by atoms with van der Waals surface area (Å²) in [7, 11) is 1.62. The molecular formula is C14H24N2O3S. The Balaban J connectivity index is 2.61. The summed E-state index contributed by atoms with van der Waals surface area (Å²) in [5.74, 6) is 0.136. The first-order valence-corrected chi connectivity index (χ1v) is 7.63. The zero-order valence-electron chi connectivity index (χ0n) is 12.8. The standard InChI is InChI=1S/C14H24N2O3S/c1-8(6-9(2)17)7-15-13(18)12-10(3)16-14(20-12)11(4)19-5/h8-9,11,17H,6-7H2,1-5H3,(H,15,18). The van der Waals surface area contributed by atoms with Crippen molar-refractivity contribution in [1.82, 2.24) is 10.3 Å². The highest BCUT2D eigenvalue weighted by molar-refractivity contribution is 7.13. The number of rotatable bonds is 7. The molecule has 0 aliphatic carbocycles. The van der Waals surface area contributed by atoms with Gasteiger partial charge in [-0.25, -0.2) is 4.98 Å². The maximum atomic E-state index is 12.1. The molecule has 0 fully saturated rings. The van der Waals surface area contributed by atoms with Crippen molar-refractivity contribution >= 4 is 17.2 Å². The van der Waals surface area contributed by atoms with Gasteiger partial charge in [-0.05, 0) is 33.1 Å². The lowest BCUT2D eigenvalue weighted by Gasteiger charge is -2.13. The number of ether oxygens (including phenoxy) is 1. The number of nitrogens with zero attached hydrogens (tertiary/aromatic N) is 1. The van der Waals surface area contributed by atoms with Crippen molar-refractivity contribution in [3.63, 3.8) is 0 Å². The average Bonchev–Trinajstić information content (AvgIpc) is 2.76. The van der Waals surface area contributed by atoms with Gasteiger partial charge in [0.05, 0.1) is 11.8 Å². The number of aryl methyl sites for hydroxylation is 1. The Morgan fingerprint density at radius 3 is 2.65 bits per heavy atom. The van der Waals surface area contributed by atoms with Crippen LogP contribution < -0.4 is 5.32 Å². The third kappa shape index (κ3) is 4.85. The Labute approximate surface area is 124 Å². The van der Waals surface area contributed by atoms with E-state index in [-0.39, 0.29) is 24.0 Å². The van der Waals surface area contributed by atoms with Gasteiger partial charge in [-0.2, -0.15) is 0 Å². The van der Waals surface area contributed by atoms with E-state index < -0.39 is 0 Å². The lowest BCUT2D eigenvalue weighted by atomic mass is 10.0. The van der Waals surface area contributed by atoms with Crippen molar-refractivity contribution in [2.75, 3.05) is 13.7 Å². The molecule has 1 amide bonds. The monoisotopic (exact) mass is 300 g/mol. The van der Waals surface area contributed by atoms with Crippen LogP contribution in [0.25, 0.3) is 0 Å². The summed E-state index contributed by atoms with van der Waals surface area (Å²) in [6.45, 7) is 8.05. The zero-order valence-corrected chi connectivity index (χ0v) is 13.6. The number of carbonyl (C=O) groups is 1. The predicted molar refractivity (Wildman–Crippen MR) is 80.1 cm³/mol. The van der Waals surface area contributed by atoms with Crippen molar-refractivity contribution in [1.29, 1.82) is 0 Å². The SMILES string of the molecule is COC(C)c1nc(C)c(C(=O)NCC(C)CC(C)O)s1. The number of carbonyl (C=O) groups excluding carboxylic acids is 1. The first kappa shape index (κ1) is 17.1. The molecule has 114 valence electrons. The zero-order chi connectivity index (χ0) is 15.3. The minimum Gasteiger partial charge on any atom is -0.393 e. The molecule has 0 saturated carbocycles. The van der Waals surface area contributed by atoms with E-state index in [1.54, 1.807) is 14.0 Å². The number of aromatic nitrogens is 1. The van der Waals surface area contributed by atoms with Gasteiger partial charge < -0.3 is 15.2 Å². The molecule has 3 unspecified atom stereocenters. The Morgan fingerprint density at radius 1 is 1.45 bits per heavy atom. The number of aliphatic hydroxyl groups is 1. The lowest BCUT2D eigenvalue weighted by molar-refractivity contribution is 0.0942. The van der Waals surface area contributed by atoms with E-state index in [0.29, 0.717) is 17.8 Å². The van der Waals surface area contributed by atoms with Crippen LogP contribution in [0.15, 0.2) is 0 Å². The van der Waals surface area contributed by atoms with E-state index in [1.807, 2.05) is 20.8 Å². The van der Waals surface area contributed by atoms with E-state index in [1.165, 1.54) is 11.3 Å². The van der Waals surface area contributed by atoms with Crippen LogP contribution in [0.4, 0.5) is 0 Å². The van der Waals surface area contributed by atoms with Crippen LogP contribution in [0.5, 0.6) is 0 Å². The highest BCUT2D eigenvalue weighted by atomic mass is 32.1. The largest absolute Gasteiger partial charge is 0.393 e. The van der Waals surface area contributed by atoms with Gasteiger partial charge in [0.2, 0.25) is 0 Å². The Hall–Kier alpha value is -0.980. The number of hydrogen-bond donors (Lipinski definition) is 2. The molecule has 0 spiro atoms. The molecule has 0 saturated heterocycles.